The maximum Gasteiger partial charge on any atom is 0.253 e. The van der Waals surface area contributed by atoms with Gasteiger partial charge >= 0.3 is 0 Å². The lowest BCUT2D eigenvalue weighted by Gasteiger charge is -2.10. The lowest BCUT2D eigenvalue weighted by Crippen LogP contribution is -2.21. The molecule has 1 heterocycles. The van der Waals surface area contributed by atoms with Crippen molar-refractivity contribution in [2.75, 3.05) is 0 Å². The van der Waals surface area contributed by atoms with Gasteiger partial charge in [0.15, 0.2) is 5.11 Å². The summed E-state index contributed by atoms with van der Waals surface area (Å²) in [4.78, 5) is 11.5. The summed E-state index contributed by atoms with van der Waals surface area (Å²) in [5.74, 6) is -0.177. The smallest absolute Gasteiger partial charge is 0.253 e. The molecule has 0 aliphatic carbocycles. The molecule has 15 heavy (non-hydrogen) atoms. The van der Waals surface area contributed by atoms with Crippen LogP contribution >= 0.6 is 39.7 Å². The van der Waals surface area contributed by atoms with Crippen molar-refractivity contribution in [2.24, 2.45) is 0 Å². The van der Waals surface area contributed by atoms with Crippen molar-refractivity contribution >= 4 is 50.8 Å². The Morgan fingerprint density at radius 3 is 2.73 bits per heavy atom. The van der Waals surface area contributed by atoms with Gasteiger partial charge in [-0.15, -0.1) is 0 Å². The van der Waals surface area contributed by atoms with Gasteiger partial charge in [0.2, 0.25) is 0 Å². The molecule has 0 aromatic heterocycles. The van der Waals surface area contributed by atoms with Crippen molar-refractivity contribution in [3.05, 3.63) is 33.3 Å². The lowest BCUT2D eigenvalue weighted by molar-refractivity contribution is -0.120. The zero-order valence-corrected chi connectivity index (χ0v) is 10.5. The van der Waals surface area contributed by atoms with Crippen LogP contribution in [0.15, 0.2) is 22.7 Å². The van der Waals surface area contributed by atoms with Crippen molar-refractivity contribution < 1.29 is 4.79 Å². The molecule has 2 rings (SSSR count). The molecule has 6 heteroatoms. The molecule has 1 amide bonds. The predicted octanol–water partition coefficient (Wildman–Crippen LogP) is 2.15. The molecule has 2 N–H and O–H groups in total. The van der Waals surface area contributed by atoms with E-state index in [2.05, 4.69) is 26.6 Å². The summed E-state index contributed by atoms with van der Waals surface area (Å²) in [5, 5.41) is 6.24. The normalized spacial score (nSPS) is 20.0. The first-order valence-electron chi connectivity index (χ1n) is 4.14. The second-order valence-corrected chi connectivity index (χ2v) is 4.79. The van der Waals surface area contributed by atoms with Gasteiger partial charge in [-0.05, 0) is 24.4 Å². The number of halogens is 2. The Hall–Kier alpha value is -0.650. The van der Waals surface area contributed by atoms with Crippen LogP contribution < -0.4 is 10.6 Å². The number of benzene rings is 1. The van der Waals surface area contributed by atoms with Crippen LogP contribution in [0.25, 0.3) is 0 Å². The summed E-state index contributed by atoms with van der Waals surface area (Å²) in [6, 6.07) is 4.88. The lowest BCUT2D eigenvalue weighted by atomic mass is 10.1. The highest BCUT2D eigenvalue weighted by atomic mass is 79.9. The molecule has 1 aromatic rings. The molecule has 1 fully saturated rings. The molecule has 1 aromatic carbocycles. The highest BCUT2D eigenvalue weighted by Crippen LogP contribution is 2.27. The first-order valence-corrected chi connectivity index (χ1v) is 5.72. The monoisotopic (exact) mass is 304 g/mol. The maximum atomic E-state index is 11.5. The fraction of sp³-hybridized carbons (Fsp3) is 0.111. The predicted molar refractivity (Wildman–Crippen MR) is 65.8 cm³/mol. The molecule has 1 aliphatic rings. The Bertz CT molecular complexity index is 452. The zero-order chi connectivity index (χ0) is 11.0. The van der Waals surface area contributed by atoms with Gasteiger partial charge in [-0.3, -0.25) is 4.79 Å². The number of thiocarbonyl (C=S) groups is 1. The zero-order valence-electron chi connectivity index (χ0n) is 7.38. The molecule has 0 bridgehead atoms. The molecule has 0 spiro atoms. The SMILES string of the molecule is O=C1NC(=S)NC1c1ccc(Br)cc1Cl. The van der Waals surface area contributed by atoms with Crippen LogP contribution in [0.3, 0.4) is 0 Å². The summed E-state index contributed by atoms with van der Waals surface area (Å²) in [6.07, 6.45) is 0. The third-order valence-corrected chi connectivity index (χ3v) is 3.09. The summed E-state index contributed by atoms with van der Waals surface area (Å²) in [5.41, 5.74) is 0.720. The third-order valence-electron chi connectivity index (χ3n) is 2.05. The summed E-state index contributed by atoms with van der Waals surface area (Å²) in [6.45, 7) is 0. The summed E-state index contributed by atoms with van der Waals surface area (Å²) in [7, 11) is 0. The van der Waals surface area contributed by atoms with E-state index >= 15 is 0 Å². The Kier molecular flexibility index (Phi) is 2.95. The first kappa shape index (κ1) is 10.9. The minimum atomic E-state index is -0.488. The number of hydrogen-bond acceptors (Lipinski definition) is 2. The standard InChI is InChI=1S/C9H6BrClN2OS/c10-4-1-2-5(6(11)3-4)7-8(14)13-9(15)12-7/h1-3,7H,(H2,12,13,14,15). The topological polar surface area (TPSA) is 41.1 Å². The molecule has 3 nitrogen and oxygen atoms in total. The van der Waals surface area contributed by atoms with Gasteiger partial charge in [0.25, 0.3) is 5.91 Å². The number of carbonyl (C=O) groups excluding carboxylic acids is 1. The van der Waals surface area contributed by atoms with E-state index in [1.807, 2.05) is 6.07 Å². The van der Waals surface area contributed by atoms with E-state index in [0.29, 0.717) is 10.1 Å². The average molecular weight is 306 g/mol. The van der Waals surface area contributed by atoms with Crippen molar-refractivity contribution in [1.29, 1.82) is 0 Å². The van der Waals surface area contributed by atoms with E-state index in [9.17, 15) is 4.79 Å². The number of amides is 1. The largest absolute Gasteiger partial charge is 0.347 e. The van der Waals surface area contributed by atoms with Gasteiger partial charge in [-0.25, -0.2) is 0 Å². The van der Waals surface area contributed by atoms with Gasteiger partial charge in [-0.2, -0.15) is 0 Å². The van der Waals surface area contributed by atoms with Crippen molar-refractivity contribution in [1.82, 2.24) is 10.6 Å². The van der Waals surface area contributed by atoms with Crippen LogP contribution in [0.1, 0.15) is 11.6 Å². The second-order valence-electron chi connectivity index (χ2n) is 3.06. The Morgan fingerprint density at radius 1 is 1.47 bits per heavy atom. The average Bonchev–Trinajstić information content (AvgIpc) is 2.45. The van der Waals surface area contributed by atoms with Crippen LogP contribution in [0.5, 0.6) is 0 Å². The second kappa shape index (κ2) is 4.08. The van der Waals surface area contributed by atoms with Gasteiger partial charge < -0.3 is 10.6 Å². The van der Waals surface area contributed by atoms with Crippen LogP contribution in [-0.2, 0) is 4.79 Å². The Labute approximate surface area is 105 Å². The summed E-state index contributed by atoms with van der Waals surface area (Å²) < 4.78 is 0.872. The molecule has 1 aliphatic heterocycles. The van der Waals surface area contributed by atoms with E-state index in [1.54, 1.807) is 12.1 Å². The highest BCUT2D eigenvalue weighted by molar-refractivity contribution is 9.10. The van der Waals surface area contributed by atoms with Crippen molar-refractivity contribution in [2.45, 2.75) is 6.04 Å². The minimum Gasteiger partial charge on any atom is -0.347 e. The fourth-order valence-electron chi connectivity index (χ4n) is 1.37. The van der Waals surface area contributed by atoms with Gasteiger partial charge in [0.05, 0.1) is 0 Å². The number of hydrogen-bond donors (Lipinski definition) is 2. The fourth-order valence-corrected chi connectivity index (χ4v) is 2.37. The number of nitrogens with one attached hydrogen (secondary N) is 2. The van der Waals surface area contributed by atoms with Gasteiger partial charge in [-0.1, -0.05) is 33.6 Å². The van der Waals surface area contributed by atoms with Gasteiger partial charge in [0, 0.05) is 15.1 Å². The minimum absolute atomic E-state index is 0.177. The molecule has 1 atom stereocenters. The third kappa shape index (κ3) is 2.14. The molecule has 78 valence electrons. The van der Waals surface area contributed by atoms with E-state index in [0.717, 1.165) is 10.0 Å². The maximum absolute atomic E-state index is 11.5. The molecular weight excluding hydrogens is 300 g/mol. The summed E-state index contributed by atoms with van der Waals surface area (Å²) >= 11 is 14.2. The van der Waals surface area contributed by atoms with Gasteiger partial charge in [0.1, 0.15) is 6.04 Å². The van der Waals surface area contributed by atoms with E-state index < -0.39 is 6.04 Å². The molecule has 1 saturated heterocycles. The van der Waals surface area contributed by atoms with Crippen LogP contribution in [0.4, 0.5) is 0 Å². The Morgan fingerprint density at radius 2 is 2.20 bits per heavy atom. The number of rotatable bonds is 1. The van der Waals surface area contributed by atoms with E-state index in [1.165, 1.54) is 0 Å². The van der Waals surface area contributed by atoms with Crippen molar-refractivity contribution in [3.8, 4) is 0 Å². The first-order chi connectivity index (χ1) is 7.08. The molecule has 0 saturated carbocycles. The van der Waals surface area contributed by atoms with Crippen molar-refractivity contribution in [3.63, 3.8) is 0 Å². The van der Waals surface area contributed by atoms with Crippen LogP contribution in [0.2, 0.25) is 5.02 Å². The van der Waals surface area contributed by atoms with Crippen LogP contribution in [0, 0.1) is 0 Å². The molecule has 0 radical (unpaired) electrons. The quantitative estimate of drug-likeness (QED) is 0.781. The highest BCUT2D eigenvalue weighted by Gasteiger charge is 2.30. The molecular formula is C9H6BrClN2OS. The van der Waals surface area contributed by atoms with E-state index in [4.69, 9.17) is 23.8 Å². The van der Waals surface area contributed by atoms with Crippen LogP contribution in [-0.4, -0.2) is 11.0 Å². The molecule has 1 unspecified atom stereocenters. The van der Waals surface area contributed by atoms with E-state index in [-0.39, 0.29) is 5.91 Å². The number of carbonyl (C=O) groups is 1. The Balaban J connectivity index is 2.38.